The van der Waals surface area contributed by atoms with Crippen molar-refractivity contribution in [2.45, 2.75) is 59.4 Å². The summed E-state index contributed by atoms with van der Waals surface area (Å²) in [6.45, 7) is 0. The lowest BCUT2D eigenvalue weighted by Gasteiger charge is -2.40. The number of hydrogen-bond donors (Lipinski definition) is 0. The largest absolute Gasteiger partial charge is 0.435 e. The van der Waals surface area contributed by atoms with Gasteiger partial charge in [-0.1, -0.05) is 29.5 Å². The van der Waals surface area contributed by atoms with Gasteiger partial charge in [-0.25, -0.2) is 21.9 Å². The van der Waals surface area contributed by atoms with Crippen LogP contribution in [0.15, 0.2) is 84.1 Å². The van der Waals surface area contributed by atoms with Gasteiger partial charge in [0.2, 0.25) is 0 Å². The minimum absolute atomic E-state index is 0.123. The van der Waals surface area contributed by atoms with Crippen LogP contribution in [0.1, 0.15) is 42.9 Å². The molecule has 15 heteroatoms. The third kappa shape index (κ3) is 5.17. The van der Waals surface area contributed by atoms with Crippen molar-refractivity contribution in [2.75, 3.05) is 0 Å². The van der Waals surface area contributed by atoms with E-state index in [1.807, 2.05) is 0 Å². The van der Waals surface area contributed by atoms with Crippen molar-refractivity contribution < 1.29 is 43.5 Å². The summed E-state index contributed by atoms with van der Waals surface area (Å²) in [6, 6.07) is 9.20. The number of nitrogens with zero attached hydrogens (tertiary/aromatic N) is 4. The summed E-state index contributed by atoms with van der Waals surface area (Å²) >= 11 is 0. The van der Waals surface area contributed by atoms with Gasteiger partial charge in [-0.2, -0.15) is 26.3 Å². The Balaban J connectivity index is 1.53. The van der Waals surface area contributed by atoms with E-state index in [0.29, 0.717) is 17.8 Å². The summed E-state index contributed by atoms with van der Waals surface area (Å²) in [5, 5.41) is 8.30. The molecule has 4 aromatic rings. The summed E-state index contributed by atoms with van der Waals surface area (Å²) in [5.74, 6) is -0.712. The summed E-state index contributed by atoms with van der Waals surface area (Å²) in [5.41, 5.74) is -6.24. The number of alkyl halides is 7. The van der Waals surface area contributed by atoms with E-state index < -0.39 is 44.0 Å². The van der Waals surface area contributed by atoms with Crippen molar-refractivity contribution in [1.29, 1.82) is 0 Å². The number of aromatic nitrogens is 4. The number of rotatable bonds is 6. The van der Waals surface area contributed by atoms with Crippen LogP contribution in [0.5, 0.6) is 0 Å². The minimum atomic E-state index is -6.32. The molecule has 1 aliphatic rings. The summed E-state index contributed by atoms with van der Waals surface area (Å²) in [7, 11) is -4.40. The van der Waals surface area contributed by atoms with Crippen LogP contribution in [-0.4, -0.2) is 40.7 Å². The SMILES string of the molecule is O=S(=O)(c1ccc(F)cc1)C1(c2ccc(C(F)(C(F)(F)F)C(F)(F)F)cc2)CCC(n2cc(-c3ccncc3)nn2)CC1. The average Bonchev–Trinajstić information content (AvgIpc) is 3.47. The predicted molar refractivity (Wildman–Crippen MR) is 137 cm³/mol. The molecule has 1 fully saturated rings. The fourth-order valence-electron chi connectivity index (χ4n) is 5.49. The minimum Gasteiger partial charge on any atom is -0.265 e. The Morgan fingerprint density at radius 1 is 0.791 bits per heavy atom. The highest BCUT2D eigenvalue weighted by Crippen LogP contribution is 2.54. The Kier molecular flexibility index (Phi) is 7.60. The van der Waals surface area contributed by atoms with Crippen molar-refractivity contribution >= 4 is 9.84 Å². The molecule has 2 heterocycles. The number of benzene rings is 2. The lowest BCUT2D eigenvalue weighted by atomic mass is 9.80. The molecule has 0 radical (unpaired) electrons. The highest BCUT2D eigenvalue weighted by molar-refractivity contribution is 7.92. The van der Waals surface area contributed by atoms with Crippen molar-refractivity contribution in [3.05, 3.63) is 96.2 Å². The van der Waals surface area contributed by atoms with E-state index in [0.717, 1.165) is 42.0 Å². The van der Waals surface area contributed by atoms with Gasteiger partial charge in [-0.3, -0.25) is 4.98 Å². The maximum Gasteiger partial charge on any atom is 0.435 e. The molecule has 0 unspecified atom stereocenters. The molecule has 2 aromatic carbocycles. The first kappa shape index (κ1) is 30.6. The number of pyridine rings is 1. The van der Waals surface area contributed by atoms with Gasteiger partial charge in [0, 0.05) is 23.5 Å². The van der Waals surface area contributed by atoms with Gasteiger partial charge in [0.15, 0.2) is 9.84 Å². The molecule has 0 N–H and O–H groups in total. The van der Waals surface area contributed by atoms with Crippen LogP contribution in [-0.2, 0) is 20.3 Å². The topological polar surface area (TPSA) is 77.7 Å². The number of halogens is 8. The first-order valence-corrected chi connectivity index (χ1v) is 14.3. The molecule has 0 spiro atoms. The van der Waals surface area contributed by atoms with Crippen molar-refractivity contribution in [2.24, 2.45) is 0 Å². The molecule has 228 valence electrons. The normalized spacial score (nSPS) is 20.2. The predicted octanol–water partition coefficient (Wildman–Crippen LogP) is 7.25. The molecule has 1 aliphatic carbocycles. The highest BCUT2D eigenvalue weighted by Gasteiger charge is 2.73. The molecule has 1 saturated carbocycles. The zero-order chi connectivity index (χ0) is 31.3. The van der Waals surface area contributed by atoms with Gasteiger partial charge in [0.05, 0.1) is 17.1 Å². The maximum atomic E-state index is 14.7. The van der Waals surface area contributed by atoms with E-state index in [1.165, 1.54) is 0 Å². The van der Waals surface area contributed by atoms with Crippen molar-refractivity contribution in [3.8, 4) is 11.3 Å². The second-order valence-electron chi connectivity index (χ2n) is 10.2. The van der Waals surface area contributed by atoms with Gasteiger partial charge in [0.1, 0.15) is 16.3 Å². The van der Waals surface area contributed by atoms with Gasteiger partial charge in [-0.05, 0) is 67.6 Å². The first-order chi connectivity index (χ1) is 20.1. The second-order valence-corrected chi connectivity index (χ2v) is 12.5. The van der Waals surface area contributed by atoms with E-state index in [2.05, 4.69) is 15.3 Å². The standard InChI is InChI=1S/C28H22F8N4O2S/c29-21-5-7-23(8-6-21)43(41,42)25(19-1-3-20(4-2-19)26(30,27(31,32)33)28(34,35)36)13-9-22(10-14-25)40-17-24(38-39-40)18-11-15-37-16-12-18/h1-8,11-12,15-17,22H,9-10,13-14H2. The second kappa shape index (κ2) is 10.7. The first-order valence-electron chi connectivity index (χ1n) is 12.9. The Hall–Kier alpha value is -3.88. The molecule has 6 nitrogen and oxygen atoms in total. The van der Waals surface area contributed by atoms with E-state index in [1.54, 1.807) is 35.4 Å². The summed E-state index contributed by atoms with van der Waals surface area (Å²) < 4.78 is 136. The van der Waals surface area contributed by atoms with Crippen LogP contribution >= 0.6 is 0 Å². The molecule has 43 heavy (non-hydrogen) atoms. The van der Waals surface area contributed by atoms with Crippen molar-refractivity contribution in [1.82, 2.24) is 20.0 Å². The Morgan fingerprint density at radius 2 is 1.35 bits per heavy atom. The molecular formula is C28H22F8N4O2S. The average molecular weight is 631 g/mol. The Morgan fingerprint density at radius 3 is 1.88 bits per heavy atom. The fraction of sp³-hybridized carbons (Fsp3) is 0.321. The molecule has 2 aromatic heterocycles. The van der Waals surface area contributed by atoms with Gasteiger partial charge < -0.3 is 0 Å². The number of hydrogen-bond acceptors (Lipinski definition) is 5. The quantitative estimate of drug-likeness (QED) is 0.166. The Bertz CT molecular complexity index is 1670. The summed E-state index contributed by atoms with van der Waals surface area (Å²) in [4.78, 5) is 3.65. The van der Waals surface area contributed by atoms with Gasteiger partial charge in [-0.15, -0.1) is 5.10 Å². The molecule has 0 bridgehead atoms. The highest BCUT2D eigenvalue weighted by atomic mass is 32.2. The molecule has 0 atom stereocenters. The van der Waals surface area contributed by atoms with Crippen LogP contribution in [0.25, 0.3) is 11.3 Å². The van der Waals surface area contributed by atoms with E-state index in [9.17, 15) is 43.5 Å². The monoisotopic (exact) mass is 630 g/mol. The van der Waals surface area contributed by atoms with Crippen LogP contribution < -0.4 is 0 Å². The summed E-state index contributed by atoms with van der Waals surface area (Å²) in [6.07, 6.45) is -7.72. The Labute approximate surface area is 240 Å². The lowest BCUT2D eigenvalue weighted by molar-refractivity contribution is -0.348. The number of sulfone groups is 1. The van der Waals surface area contributed by atoms with E-state index in [4.69, 9.17) is 0 Å². The van der Waals surface area contributed by atoms with Crippen LogP contribution in [0.3, 0.4) is 0 Å². The van der Waals surface area contributed by atoms with Gasteiger partial charge in [0.25, 0.3) is 0 Å². The maximum absolute atomic E-state index is 14.7. The van der Waals surface area contributed by atoms with E-state index in [-0.39, 0.29) is 42.2 Å². The molecule has 5 rings (SSSR count). The fourth-order valence-corrected chi connectivity index (χ4v) is 7.65. The smallest absolute Gasteiger partial charge is 0.265 e. The molecule has 0 amide bonds. The zero-order valence-electron chi connectivity index (χ0n) is 21.9. The van der Waals surface area contributed by atoms with Crippen LogP contribution in [0.4, 0.5) is 35.1 Å². The van der Waals surface area contributed by atoms with Crippen LogP contribution in [0.2, 0.25) is 0 Å². The zero-order valence-corrected chi connectivity index (χ0v) is 22.8. The van der Waals surface area contributed by atoms with Gasteiger partial charge >= 0.3 is 18.0 Å². The van der Waals surface area contributed by atoms with Crippen LogP contribution in [0, 0.1) is 5.82 Å². The lowest BCUT2D eigenvalue weighted by Crippen LogP contribution is -2.50. The van der Waals surface area contributed by atoms with E-state index >= 15 is 0 Å². The molecular weight excluding hydrogens is 608 g/mol. The third-order valence-corrected chi connectivity index (χ3v) is 10.4. The van der Waals surface area contributed by atoms with Crippen molar-refractivity contribution in [3.63, 3.8) is 0 Å². The molecule has 0 aliphatic heterocycles. The molecule has 0 saturated heterocycles. The third-order valence-electron chi connectivity index (χ3n) is 7.85.